The third kappa shape index (κ3) is 3.66. The molecule has 1 aromatic carbocycles. The Kier molecular flexibility index (Phi) is 5.43. The molecule has 0 heterocycles. The number of nitrogens with one attached hydrogen (secondary N) is 1. The lowest BCUT2D eigenvalue weighted by molar-refractivity contribution is 0.189. The fourth-order valence-corrected chi connectivity index (χ4v) is 4.13. The Balaban J connectivity index is 2.35. The Morgan fingerprint density at radius 3 is 2.52 bits per heavy atom. The maximum Gasteiger partial charge on any atom is 0.127 e. The SMILES string of the molecule is CNCC1CCC(C(C)C)CC1c1c(C)cc(C)cc1F. The lowest BCUT2D eigenvalue weighted by Crippen LogP contribution is -2.32. The second-order valence-corrected chi connectivity index (χ2v) is 7.22. The van der Waals surface area contributed by atoms with Crippen molar-refractivity contribution in [3.05, 3.63) is 34.6 Å². The fourth-order valence-electron chi connectivity index (χ4n) is 4.13. The van der Waals surface area contributed by atoms with Crippen molar-refractivity contribution in [1.82, 2.24) is 5.32 Å². The second kappa shape index (κ2) is 6.91. The van der Waals surface area contributed by atoms with Crippen molar-refractivity contribution in [3.8, 4) is 0 Å². The second-order valence-electron chi connectivity index (χ2n) is 7.22. The molecule has 0 radical (unpaired) electrons. The van der Waals surface area contributed by atoms with E-state index in [1.54, 1.807) is 6.07 Å². The highest BCUT2D eigenvalue weighted by Crippen LogP contribution is 2.44. The van der Waals surface area contributed by atoms with Gasteiger partial charge in [0.05, 0.1) is 0 Å². The molecule has 1 saturated carbocycles. The monoisotopic (exact) mass is 291 g/mol. The molecule has 1 aliphatic rings. The van der Waals surface area contributed by atoms with Gasteiger partial charge >= 0.3 is 0 Å². The van der Waals surface area contributed by atoms with Gasteiger partial charge in [0.25, 0.3) is 0 Å². The molecule has 21 heavy (non-hydrogen) atoms. The third-order valence-electron chi connectivity index (χ3n) is 5.29. The number of rotatable bonds is 4. The van der Waals surface area contributed by atoms with Crippen LogP contribution in [0.25, 0.3) is 0 Å². The molecule has 1 fully saturated rings. The molecule has 118 valence electrons. The van der Waals surface area contributed by atoms with Crippen molar-refractivity contribution >= 4 is 0 Å². The summed E-state index contributed by atoms with van der Waals surface area (Å²) in [5.74, 6) is 2.34. The van der Waals surface area contributed by atoms with Gasteiger partial charge in [-0.2, -0.15) is 0 Å². The molecule has 0 spiro atoms. The summed E-state index contributed by atoms with van der Waals surface area (Å²) < 4.78 is 14.6. The number of benzene rings is 1. The summed E-state index contributed by atoms with van der Waals surface area (Å²) in [4.78, 5) is 0. The first-order valence-electron chi connectivity index (χ1n) is 8.35. The highest BCUT2D eigenvalue weighted by atomic mass is 19.1. The highest BCUT2D eigenvalue weighted by Gasteiger charge is 2.34. The lowest BCUT2D eigenvalue weighted by Gasteiger charge is -2.39. The van der Waals surface area contributed by atoms with Gasteiger partial charge in [0, 0.05) is 0 Å². The first-order valence-corrected chi connectivity index (χ1v) is 8.35. The van der Waals surface area contributed by atoms with E-state index < -0.39 is 0 Å². The van der Waals surface area contributed by atoms with Crippen molar-refractivity contribution in [3.63, 3.8) is 0 Å². The largest absolute Gasteiger partial charge is 0.319 e. The van der Waals surface area contributed by atoms with Gasteiger partial charge in [0.1, 0.15) is 5.82 Å². The molecule has 3 atom stereocenters. The molecule has 2 rings (SSSR count). The summed E-state index contributed by atoms with van der Waals surface area (Å²) in [6, 6.07) is 3.84. The maximum atomic E-state index is 14.6. The van der Waals surface area contributed by atoms with Crippen LogP contribution in [0.4, 0.5) is 4.39 Å². The molecule has 3 unspecified atom stereocenters. The van der Waals surface area contributed by atoms with Crippen LogP contribution in [0.2, 0.25) is 0 Å². The summed E-state index contributed by atoms with van der Waals surface area (Å²) >= 11 is 0. The third-order valence-corrected chi connectivity index (χ3v) is 5.29. The summed E-state index contributed by atoms with van der Waals surface area (Å²) in [6.07, 6.45) is 3.62. The van der Waals surface area contributed by atoms with E-state index in [0.29, 0.717) is 17.8 Å². The van der Waals surface area contributed by atoms with Crippen molar-refractivity contribution in [2.75, 3.05) is 13.6 Å². The van der Waals surface area contributed by atoms with Crippen LogP contribution >= 0.6 is 0 Å². The van der Waals surface area contributed by atoms with Crippen LogP contribution in [0.1, 0.15) is 55.7 Å². The molecule has 1 aromatic rings. The van der Waals surface area contributed by atoms with Crippen molar-refractivity contribution < 1.29 is 4.39 Å². The van der Waals surface area contributed by atoms with Crippen LogP contribution in [0.5, 0.6) is 0 Å². The molecule has 0 amide bonds. The zero-order chi connectivity index (χ0) is 15.6. The van der Waals surface area contributed by atoms with Gasteiger partial charge in [-0.1, -0.05) is 19.9 Å². The van der Waals surface area contributed by atoms with E-state index in [2.05, 4.69) is 32.2 Å². The molecular formula is C19H30FN. The van der Waals surface area contributed by atoms with Crippen LogP contribution in [0.15, 0.2) is 12.1 Å². The van der Waals surface area contributed by atoms with Gasteiger partial charge < -0.3 is 5.32 Å². The number of hydrogen-bond acceptors (Lipinski definition) is 1. The highest BCUT2D eigenvalue weighted by molar-refractivity contribution is 5.35. The zero-order valence-corrected chi connectivity index (χ0v) is 14.2. The van der Waals surface area contributed by atoms with E-state index in [9.17, 15) is 4.39 Å². The summed E-state index contributed by atoms with van der Waals surface area (Å²) in [6.45, 7) is 9.64. The zero-order valence-electron chi connectivity index (χ0n) is 14.2. The molecule has 0 aromatic heterocycles. The van der Waals surface area contributed by atoms with Gasteiger partial charge in [0.2, 0.25) is 0 Å². The van der Waals surface area contributed by atoms with Gasteiger partial charge in [-0.15, -0.1) is 0 Å². The minimum absolute atomic E-state index is 0.00279. The average molecular weight is 291 g/mol. The first kappa shape index (κ1) is 16.5. The number of aryl methyl sites for hydroxylation is 2. The number of hydrogen-bond donors (Lipinski definition) is 1. The molecule has 1 aliphatic carbocycles. The average Bonchev–Trinajstić information content (AvgIpc) is 2.39. The van der Waals surface area contributed by atoms with Crippen LogP contribution in [0.3, 0.4) is 0 Å². The topological polar surface area (TPSA) is 12.0 Å². The van der Waals surface area contributed by atoms with Gasteiger partial charge in [0.15, 0.2) is 0 Å². The standard InChI is InChI=1S/C19H30FN/c1-12(2)15-6-7-16(11-21-5)17(10-15)19-14(4)8-13(3)9-18(19)20/h8-9,12,15-17,21H,6-7,10-11H2,1-5H3. The summed E-state index contributed by atoms with van der Waals surface area (Å²) in [5, 5.41) is 3.31. The van der Waals surface area contributed by atoms with Crippen molar-refractivity contribution in [1.29, 1.82) is 0 Å². The van der Waals surface area contributed by atoms with Crippen LogP contribution in [-0.2, 0) is 0 Å². The molecule has 2 heteroatoms. The molecule has 0 aliphatic heterocycles. The molecule has 0 saturated heterocycles. The van der Waals surface area contributed by atoms with E-state index in [1.807, 2.05) is 14.0 Å². The summed E-state index contributed by atoms with van der Waals surface area (Å²) in [5.41, 5.74) is 3.13. The Morgan fingerprint density at radius 2 is 1.95 bits per heavy atom. The minimum Gasteiger partial charge on any atom is -0.319 e. The Bertz CT molecular complexity index is 457. The molecular weight excluding hydrogens is 261 g/mol. The summed E-state index contributed by atoms with van der Waals surface area (Å²) in [7, 11) is 2.00. The predicted octanol–water partition coefficient (Wildman–Crippen LogP) is 4.82. The quantitative estimate of drug-likeness (QED) is 0.839. The van der Waals surface area contributed by atoms with Crippen LogP contribution in [-0.4, -0.2) is 13.6 Å². The van der Waals surface area contributed by atoms with Gasteiger partial charge in [-0.3, -0.25) is 0 Å². The van der Waals surface area contributed by atoms with E-state index in [1.165, 1.54) is 12.8 Å². The molecule has 1 N–H and O–H groups in total. The van der Waals surface area contributed by atoms with E-state index in [4.69, 9.17) is 0 Å². The van der Waals surface area contributed by atoms with Crippen molar-refractivity contribution in [2.45, 2.75) is 52.9 Å². The normalized spacial score (nSPS) is 26.3. The van der Waals surface area contributed by atoms with Crippen molar-refractivity contribution in [2.24, 2.45) is 17.8 Å². The molecule has 0 bridgehead atoms. The maximum absolute atomic E-state index is 14.6. The Labute approximate surface area is 129 Å². The Hall–Kier alpha value is -0.890. The number of halogens is 1. The fraction of sp³-hybridized carbons (Fsp3) is 0.684. The lowest BCUT2D eigenvalue weighted by atomic mass is 9.67. The van der Waals surface area contributed by atoms with Gasteiger partial charge in [-0.05, 0) is 93.1 Å². The van der Waals surface area contributed by atoms with Crippen LogP contribution in [0, 0.1) is 37.4 Å². The van der Waals surface area contributed by atoms with E-state index in [0.717, 1.165) is 35.6 Å². The smallest absolute Gasteiger partial charge is 0.127 e. The first-order chi connectivity index (χ1) is 9.93. The van der Waals surface area contributed by atoms with Gasteiger partial charge in [-0.25, -0.2) is 4.39 Å². The van der Waals surface area contributed by atoms with E-state index in [-0.39, 0.29) is 5.82 Å². The predicted molar refractivity (Wildman–Crippen MR) is 88.2 cm³/mol. The van der Waals surface area contributed by atoms with Crippen LogP contribution < -0.4 is 5.32 Å². The Morgan fingerprint density at radius 1 is 1.24 bits per heavy atom. The van der Waals surface area contributed by atoms with E-state index >= 15 is 0 Å². The minimum atomic E-state index is 0.00279. The molecule has 1 nitrogen and oxygen atoms in total.